The topological polar surface area (TPSA) is 29.1 Å². The number of carbonyl (C=O) groups excluding carboxylic acids is 1. The molecule has 0 saturated carbocycles. The predicted molar refractivity (Wildman–Crippen MR) is 86.9 cm³/mol. The molecule has 108 valence electrons. The highest BCUT2D eigenvalue weighted by Gasteiger charge is 2.27. The third-order valence-corrected chi connectivity index (χ3v) is 3.94. The predicted octanol–water partition coefficient (Wildman–Crippen LogP) is 4.10. The number of rotatable bonds is 4. The largest absolute Gasteiger partial charge is 0.374 e. The summed E-state index contributed by atoms with van der Waals surface area (Å²) in [5.74, 6) is 0.793. The second kappa shape index (κ2) is 5.72. The van der Waals surface area contributed by atoms with E-state index in [1.165, 1.54) is 11.1 Å². The van der Waals surface area contributed by atoms with Crippen LogP contribution in [-0.4, -0.2) is 11.8 Å². The Kier molecular flexibility index (Phi) is 3.78. The number of benzene rings is 2. The maximum absolute atomic E-state index is 12.7. The summed E-state index contributed by atoms with van der Waals surface area (Å²) in [6, 6.07) is 16.1. The fourth-order valence-electron chi connectivity index (χ4n) is 2.98. The van der Waals surface area contributed by atoms with Crippen molar-refractivity contribution in [3.63, 3.8) is 0 Å². The lowest BCUT2D eigenvalue weighted by atomic mass is 9.96. The van der Waals surface area contributed by atoms with Crippen LogP contribution in [0.1, 0.15) is 35.3 Å². The number of hydrogen-bond donors (Lipinski definition) is 1. The molecule has 0 amide bonds. The first-order chi connectivity index (χ1) is 10.1. The maximum Gasteiger partial charge on any atom is 0.185 e. The molecule has 2 aromatic rings. The van der Waals surface area contributed by atoms with E-state index in [0.717, 1.165) is 24.1 Å². The number of hydrogen-bond acceptors (Lipinski definition) is 2. The Labute approximate surface area is 126 Å². The van der Waals surface area contributed by atoms with Gasteiger partial charge in [0.05, 0.1) is 6.04 Å². The van der Waals surface area contributed by atoms with Crippen molar-refractivity contribution in [1.82, 2.24) is 0 Å². The zero-order valence-corrected chi connectivity index (χ0v) is 12.6. The van der Waals surface area contributed by atoms with Gasteiger partial charge in [-0.1, -0.05) is 50.2 Å². The van der Waals surface area contributed by atoms with Crippen LogP contribution in [0.15, 0.2) is 48.5 Å². The van der Waals surface area contributed by atoms with Gasteiger partial charge in [-0.25, -0.2) is 0 Å². The monoisotopic (exact) mass is 279 g/mol. The van der Waals surface area contributed by atoms with Gasteiger partial charge in [0.2, 0.25) is 0 Å². The summed E-state index contributed by atoms with van der Waals surface area (Å²) in [5.41, 5.74) is 4.38. The Bertz CT molecular complexity index is 635. The molecule has 0 bridgehead atoms. The highest BCUT2D eigenvalue weighted by Crippen LogP contribution is 2.27. The number of Topliss-reactive ketones (excluding diaryl/α,β-unsaturated/α-hetero) is 1. The van der Waals surface area contributed by atoms with E-state index in [-0.39, 0.29) is 11.8 Å². The van der Waals surface area contributed by atoms with E-state index in [4.69, 9.17) is 0 Å². The average molecular weight is 279 g/mol. The van der Waals surface area contributed by atoms with Crippen LogP contribution in [0.5, 0.6) is 0 Å². The quantitative estimate of drug-likeness (QED) is 0.854. The van der Waals surface area contributed by atoms with Crippen LogP contribution in [-0.2, 0) is 12.8 Å². The minimum Gasteiger partial charge on any atom is -0.374 e. The molecule has 1 unspecified atom stereocenters. The average Bonchev–Trinajstić information content (AvgIpc) is 2.90. The lowest BCUT2D eigenvalue weighted by Gasteiger charge is -2.12. The number of fused-ring (bicyclic) bond motifs is 1. The van der Waals surface area contributed by atoms with E-state index >= 15 is 0 Å². The molecule has 21 heavy (non-hydrogen) atoms. The van der Waals surface area contributed by atoms with E-state index in [1.807, 2.05) is 36.4 Å². The van der Waals surface area contributed by atoms with E-state index in [9.17, 15) is 4.79 Å². The van der Waals surface area contributed by atoms with E-state index < -0.39 is 0 Å². The first-order valence-electron chi connectivity index (χ1n) is 7.61. The lowest BCUT2D eigenvalue weighted by molar-refractivity contribution is 0.0971. The Balaban J connectivity index is 1.78. The zero-order valence-electron chi connectivity index (χ0n) is 12.6. The molecular formula is C19H21NO. The van der Waals surface area contributed by atoms with E-state index in [1.54, 1.807) is 0 Å². The van der Waals surface area contributed by atoms with Crippen LogP contribution in [0.4, 0.5) is 5.69 Å². The minimum atomic E-state index is -0.128. The minimum absolute atomic E-state index is 0.128. The molecule has 0 fully saturated rings. The number of anilines is 1. The van der Waals surface area contributed by atoms with Crippen LogP contribution in [0.3, 0.4) is 0 Å². The van der Waals surface area contributed by atoms with Crippen molar-refractivity contribution in [3.8, 4) is 0 Å². The van der Waals surface area contributed by atoms with Gasteiger partial charge in [0.1, 0.15) is 0 Å². The Morgan fingerprint density at radius 3 is 2.76 bits per heavy atom. The van der Waals surface area contributed by atoms with Crippen molar-refractivity contribution < 1.29 is 4.79 Å². The van der Waals surface area contributed by atoms with Crippen LogP contribution in [0, 0.1) is 5.92 Å². The summed E-state index contributed by atoms with van der Waals surface area (Å²) in [6.45, 7) is 4.40. The molecule has 1 heterocycles. The summed E-state index contributed by atoms with van der Waals surface area (Å²) in [4.78, 5) is 12.7. The van der Waals surface area contributed by atoms with Gasteiger partial charge in [-0.2, -0.15) is 0 Å². The van der Waals surface area contributed by atoms with Gasteiger partial charge in [-0.05, 0) is 35.6 Å². The number of ketones is 1. The fraction of sp³-hybridized carbons (Fsp3) is 0.316. The lowest BCUT2D eigenvalue weighted by Crippen LogP contribution is -2.27. The number of para-hydroxylation sites is 1. The molecule has 0 radical (unpaired) electrons. The molecule has 2 nitrogen and oxygen atoms in total. The Morgan fingerprint density at radius 1 is 1.19 bits per heavy atom. The van der Waals surface area contributed by atoms with E-state index in [0.29, 0.717) is 5.92 Å². The molecule has 2 aromatic carbocycles. The summed E-state index contributed by atoms with van der Waals surface area (Å²) < 4.78 is 0. The van der Waals surface area contributed by atoms with Gasteiger partial charge in [0, 0.05) is 17.7 Å². The van der Waals surface area contributed by atoms with Crippen molar-refractivity contribution in [1.29, 1.82) is 0 Å². The number of carbonyl (C=O) groups is 1. The highest BCUT2D eigenvalue weighted by molar-refractivity contribution is 6.03. The molecule has 2 heteroatoms. The van der Waals surface area contributed by atoms with Gasteiger partial charge in [0.25, 0.3) is 0 Å². The third kappa shape index (κ3) is 2.99. The van der Waals surface area contributed by atoms with Crippen LogP contribution >= 0.6 is 0 Å². The molecule has 0 spiro atoms. The maximum atomic E-state index is 12.7. The SMILES string of the molecule is CC(C)Cc1cccc(C(=O)C2Cc3ccccc3N2)c1. The molecule has 1 aliphatic rings. The summed E-state index contributed by atoms with van der Waals surface area (Å²) >= 11 is 0. The van der Waals surface area contributed by atoms with Gasteiger partial charge >= 0.3 is 0 Å². The van der Waals surface area contributed by atoms with Crippen LogP contribution < -0.4 is 5.32 Å². The molecule has 0 aliphatic carbocycles. The normalized spacial score (nSPS) is 16.6. The summed E-state index contributed by atoms with van der Waals surface area (Å²) in [5, 5.41) is 3.34. The summed E-state index contributed by atoms with van der Waals surface area (Å²) in [7, 11) is 0. The van der Waals surface area contributed by atoms with Gasteiger partial charge < -0.3 is 5.32 Å². The third-order valence-electron chi connectivity index (χ3n) is 3.94. The Morgan fingerprint density at radius 2 is 2.00 bits per heavy atom. The van der Waals surface area contributed by atoms with Gasteiger partial charge in [0.15, 0.2) is 5.78 Å². The van der Waals surface area contributed by atoms with Crippen LogP contribution in [0.25, 0.3) is 0 Å². The standard InChI is InChI=1S/C19H21NO/c1-13(2)10-14-6-5-8-16(11-14)19(21)18-12-15-7-3-4-9-17(15)20-18/h3-9,11,13,18,20H,10,12H2,1-2H3. The zero-order chi connectivity index (χ0) is 14.8. The van der Waals surface area contributed by atoms with Crippen molar-refractivity contribution in [3.05, 3.63) is 65.2 Å². The van der Waals surface area contributed by atoms with Gasteiger partial charge in [-0.15, -0.1) is 0 Å². The second-order valence-electron chi connectivity index (χ2n) is 6.22. The molecular weight excluding hydrogens is 258 g/mol. The van der Waals surface area contributed by atoms with E-state index in [2.05, 4.69) is 31.3 Å². The van der Waals surface area contributed by atoms with Crippen molar-refractivity contribution in [2.24, 2.45) is 5.92 Å². The summed E-state index contributed by atoms with van der Waals surface area (Å²) in [6.07, 6.45) is 1.79. The number of nitrogens with one attached hydrogen (secondary N) is 1. The molecule has 0 saturated heterocycles. The van der Waals surface area contributed by atoms with Crippen molar-refractivity contribution >= 4 is 11.5 Å². The second-order valence-corrected chi connectivity index (χ2v) is 6.22. The molecule has 1 atom stereocenters. The molecule has 3 rings (SSSR count). The fourth-order valence-corrected chi connectivity index (χ4v) is 2.98. The highest BCUT2D eigenvalue weighted by atomic mass is 16.1. The molecule has 1 aliphatic heterocycles. The molecule has 0 aromatic heterocycles. The Hall–Kier alpha value is -2.09. The smallest absolute Gasteiger partial charge is 0.185 e. The first kappa shape index (κ1) is 13.9. The molecule has 1 N–H and O–H groups in total. The van der Waals surface area contributed by atoms with Gasteiger partial charge in [-0.3, -0.25) is 4.79 Å². The van der Waals surface area contributed by atoms with Crippen molar-refractivity contribution in [2.45, 2.75) is 32.7 Å². The van der Waals surface area contributed by atoms with Crippen LogP contribution in [0.2, 0.25) is 0 Å². The first-order valence-corrected chi connectivity index (χ1v) is 7.61. The van der Waals surface area contributed by atoms with Crippen molar-refractivity contribution in [2.75, 3.05) is 5.32 Å².